The first kappa shape index (κ1) is 18.8. The number of para-hydroxylation sites is 1. The van der Waals surface area contributed by atoms with Crippen LogP contribution in [0.25, 0.3) is 26.7 Å². The number of aromatic amines is 1. The van der Waals surface area contributed by atoms with Crippen molar-refractivity contribution < 1.29 is 4.79 Å². The lowest BCUT2D eigenvalue weighted by Gasteiger charge is -2.26. The molecule has 1 N–H and O–H groups in total. The third-order valence-electron chi connectivity index (χ3n) is 5.96. The zero-order valence-electron chi connectivity index (χ0n) is 16.9. The summed E-state index contributed by atoms with van der Waals surface area (Å²) in [5, 5.41) is 1.84. The van der Waals surface area contributed by atoms with Gasteiger partial charge < -0.3 is 9.88 Å². The SMILES string of the molecule is Cc1sc2ncn(CC(=O)N3CC=C(c4c[nH]c5ccccc45)CC3)c(=O)c2c1C. The first-order valence-corrected chi connectivity index (χ1v) is 10.8. The van der Waals surface area contributed by atoms with E-state index in [-0.39, 0.29) is 18.0 Å². The van der Waals surface area contributed by atoms with E-state index in [4.69, 9.17) is 0 Å². The van der Waals surface area contributed by atoms with Crippen LogP contribution in [0.3, 0.4) is 0 Å². The van der Waals surface area contributed by atoms with Crippen molar-refractivity contribution in [1.29, 1.82) is 0 Å². The number of thiophene rings is 1. The van der Waals surface area contributed by atoms with Gasteiger partial charge in [0.2, 0.25) is 5.91 Å². The third kappa shape index (κ3) is 3.06. The normalized spacial score (nSPS) is 14.5. The number of nitrogens with one attached hydrogen (secondary N) is 1. The Balaban J connectivity index is 1.35. The Kier molecular flexibility index (Phi) is 4.55. The predicted octanol–water partition coefficient (Wildman–Crippen LogP) is 3.87. The molecule has 6 nitrogen and oxygen atoms in total. The zero-order valence-corrected chi connectivity index (χ0v) is 17.8. The molecule has 0 unspecified atom stereocenters. The Morgan fingerprint density at radius 1 is 1.27 bits per heavy atom. The molecule has 4 heterocycles. The summed E-state index contributed by atoms with van der Waals surface area (Å²) in [5.41, 5.74) is 4.39. The highest BCUT2D eigenvalue weighted by Crippen LogP contribution is 2.29. The highest BCUT2D eigenvalue weighted by atomic mass is 32.1. The molecule has 30 heavy (non-hydrogen) atoms. The molecule has 7 heteroatoms. The van der Waals surface area contributed by atoms with Gasteiger partial charge in [-0.1, -0.05) is 24.3 Å². The molecule has 4 aromatic rings. The summed E-state index contributed by atoms with van der Waals surface area (Å²) in [5.74, 6) is -0.0583. The number of hydrogen-bond acceptors (Lipinski definition) is 4. The van der Waals surface area contributed by atoms with Gasteiger partial charge in [0.1, 0.15) is 11.4 Å². The minimum atomic E-state index is -0.137. The number of nitrogens with zero attached hydrogens (tertiary/aromatic N) is 3. The molecule has 1 aliphatic heterocycles. The van der Waals surface area contributed by atoms with Crippen LogP contribution in [0, 0.1) is 13.8 Å². The summed E-state index contributed by atoms with van der Waals surface area (Å²) < 4.78 is 1.43. The van der Waals surface area contributed by atoms with Crippen LogP contribution in [-0.4, -0.2) is 38.4 Å². The smallest absolute Gasteiger partial charge is 0.262 e. The van der Waals surface area contributed by atoms with Crippen molar-refractivity contribution in [2.75, 3.05) is 13.1 Å². The van der Waals surface area contributed by atoms with Crippen LogP contribution in [0.4, 0.5) is 0 Å². The van der Waals surface area contributed by atoms with Gasteiger partial charge in [0.15, 0.2) is 0 Å². The Morgan fingerprint density at radius 3 is 2.90 bits per heavy atom. The Labute approximate surface area is 177 Å². The quantitative estimate of drug-likeness (QED) is 0.549. The molecule has 0 spiro atoms. The summed E-state index contributed by atoms with van der Waals surface area (Å²) in [6.07, 6.45) is 6.45. The number of H-pyrrole nitrogens is 1. The first-order chi connectivity index (χ1) is 14.5. The van der Waals surface area contributed by atoms with E-state index < -0.39 is 0 Å². The molecule has 0 fully saturated rings. The van der Waals surface area contributed by atoms with Crippen LogP contribution in [0.2, 0.25) is 0 Å². The van der Waals surface area contributed by atoms with Crippen LogP contribution < -0.4 is 5.56 Å². The van der Waals surface area contributed by atoms with E-state index >= 15 is 0 Å². The molecule has 3 aromatic heterocycles. The zero-order chi connectivity index (χ0) is 20.8. The van der Waals surface area contributed by atoms with Crippen LogP contribution in [0.1, 0.15) is 22.4 Å². The lowest BCUT2D eigenvalue weighted by Crippen LogP contribution is -2.39. The summed E-state index contributed by atoms with van der Waals surface area (Å²) in [4.78, 5) is 37.1. The number of carbonyl (C=O) groups is 1. The van der Waals surface area contributed by atoms with Crippen molar-refractivity contribution in [3.05, 3.63) is 69.2 Å². The van der Waals surface area contributed by atoms with Gasteiger partial charge in [-0.2, -0.15) is 0 Å². The van der Waals surface area contributed by atoms with Crippen molar-refractivity contribution in [1.82, 2.24) is 19.4 Å². The average Bonchev–Trinajstić information content (AvgIpc) is 3.31. The number of amides is 1. The number of benzene rings is 1. The van der Waals surface area contributed by atoms with Gasteiger partial charge in [-0.25, -0.2) is 4.98 Å². The number of fused-ring (bicyclic) bond motifs is 2. The Morgan fingerprint density at radius 2 is 2.10 bits per heavy atom. The van der Waals surface area contributed by atoms with E-state index in [2.05, 4.69) is 28.2 Å². The topological polar surface area (TPSA) is 71.0 Å². The lowest BCUT2D eigenvalue weighted by molar-refractivity contribution is -0.131. The molecular weight excluding hydrogens is 396 g/mol. The van der Waals surface area contributed by atoms with Crippen LogP contribution in [0.15, 0.2) is 47.7 Å². The van der Waals surface area contributed by atoms with Gasteiger partial charge >= 0.3 is 0 Å². The van der Waals surface area contributed by atoms with E-state index in [1.165, 1.54) is 38.8 Å². The molecule has 0 atom stereocenters. The number of aryl methyl sites for hydroxylation is 2. The van der Waals surface area contributed by atoms with Crippen molar-refractivity contribution in [3.63, 3.8) is 0 Å². The number of aromatic nitrogens is 3. The van der Waals surface area contributed by atoms with Crippen molar-refractivity contribution >= 4 is 43.9 Å². The van der Waals surface area contributed by atoms with Gasteiger partial charge in [-0.15, -0.1) is 11.3 Å². The van der Waals surface area contributed by atoms with Crippen molar-refractivity contribution in [2.45, 2.75) is 26.8 Å². The number of rotatable bonds is 3. The molecule has 0 saturated carbocycles. The fourth-order valence-corrected chi connectivity index (χ4v) is 5.09. The Bertz CT molecular complexity index is 1380. The fourth-order valence-electron chi connectivity index (χ4n) is 4.11. The highest BCUT2D eigenvalue weighted by Gasteiger charge is 2.21. The molecule has 0 bridgehead atoms. The van der Waals surface area contributed by atoms with E-state index in [9.17, 15) is 9.59 Å². The second kappa shape index (κ2) is 7.25. The maximum absolute atomic E-state index is 12.9. The molecule has 1 amide bonds. The van der Waals surface area contributed by atoms with E-state index in [1.54, 1.807) is 4.90 Å². The molecule has 1 aliphatic rings. The van der Waals surface area contributed by atoms with Gasteiger partial charge in [0.05, 0.1) is 11.7 Å². The van der Waals surface area contributed by atoms with Gasteiger partial charge in [0.25, 0.3) is 5.56 Å². The van der Waals surface area contributed by atoms with E-state index in [0.29, 0.717) is 18.5 Å². The summed E-state index contributed by atoms with van der Waals surface area (Å²) >= 11 is 1.52. The molecule has 1 aromatic carbocycles. The van der Waals surface area contributed by atoms with Crippen LogP contribution in [-0.2, 0) is 11.3 Å². The molecular formula is C23H22N4O2S. The van der Waals surface area contributed by atoms with Gasteiger partial charge in [-0.05, 0) is 37.5 Å². The minimum Gasteiger partial charge on any atom is -0.361 e. The first-order valence-electron chi connectivity index (χ1n) is 10.0. The molecule has 0 saturated heterocycles. The number of carbonyl (C=O) groups excluding carboxylic acids is 1. The lowest BCUT2D eigenvalue weighted by atomic mass is 9.99. The summed E-state index contributed by atoms with van der Waals surface area (Å²) in [6, 6.07) is 8.24. The third-order valence-corrected chi connectivity index (χ3v) is 7.07. The molecule has 152 valence electrons. The summed E-state index contributed by atoms with van der Waals surface area (Å²) in [7, 11) is 0. The van der Waals surface area contributed by atoms with Crippen molar-refractivity contribution in [3.8, 4) is 0 Å². The molecule has 0 aliphatic carbocycles. The van der Waals surface area contributed by atoms with E-state index in [1.807, 2.05) is 32.2 Å². The summed E-state index contributed by atoms with van der Waals surface area (Å²) in [6.45, 7) is 5.14. The second-order valence-corrected chi connectivity index (χ2v) is 8.91. The Hall–Kier alpha value is -3.19. The highest BCUT2D eigenvalue weighted by molar-refractivity contribution is 7.18. The van der Waals surface area contributed by atoms with Gasteiger partial charge in [-0.3, -0.25) is 14.2 Å². The molecule has 5 rings (SSSR count). The van der Waals surface area contributed by atoms with Gasteiger partial charge in [0, 0.05) is 40.6 Å². The monoisotopic (exact) mass is 418 g/mol. The second-order valence-electron chi connectivity index (χ2n) is 7.71. The van der Waals surface area contributed by atoms with Crippen molar-refractivity contribution in [2.24, 2.45) is 0 Å². The number of hydrogen-bond donors (Lipinski definition) is 1. The van der Waals surface area contributed by atoms with E-state index in [0.717, 1.165) is 27.2 Å². The fraction of sp³-hybridized carbons (Fsp3) is 0.261. The molecule has 0 radical (unpaired) electrons. The maximum Gasteiger partial charge on any atom is 0.262 e. The average molecular weight is 419 g/mol. The standard InChI is InChI=1S/C23H22N4O2S/c1-14-15(2)30-22-21(14)23(29)27(13-25-22)12-20(28)26-9-7-16(8-10-26)18-11-24-19-6-4-3-5-17(18)19/h3-7,11,13,24H,8-10,12H2,1-2H3. The largest absolute Gasteiger partial charge is 0.361 e. The minimum absolute atomic E-state index is 0.0202. The van der Waals surface area contributed by atoms with Crippen LogP contribution >= 0.6 is 11.3 Å². The predicted molar refractivity (Wildman–Crippen MR) is 121 cm³/mol. The maximum atomic E-state index is 12.9. The van der Waals surface area contributed by atoms with Crippen LogP contribution in [0.5, 0.6) is 0 Å².